The first-order valence-electron chi connectivity index (χ1n) is 5.60. The number of carbonyl (C=O) groups excluding carboxylic acids is 1. The Hall–Kier alpha value is -1.59. The van der Waals surface area contributed by atoms with Gasteiger partial charge in [-0.2, -0.15) is 0 Å². The highest BCUT2D eigenvalue weighted by molar-refractivity contribution is 5.91. The summed E-state index contributed by atoms with van der Waals surface area (Å²) in [7, 11) is 0. The van der Waals surface area contributed by atoms with Gasteiger partial charge in [-0.1, -0.05) is 12.1 Å². The van der Waals surface area contributed by atoms with Crippen LogP contribution in [0.25, 0.3) is 11.0 Å². The lowest BCUT2D eigenvalue weighted by Gasteiger charge is -2.06. The lowest BCUT2D eigenvalue weighted by molar-refractivity contribution is 0.0507. The molecule has 0 radical (unpaired) electrons. The normalized spacial score (nSPS) is 10.1. The van der Waals surface area contributed by atoms with Gasteiger partial charge in [0.2, 0.25) is 5.82 Å². The molecule has 0 spiro atoms. The Morgan fingerprint density at radius 3 is 2.83 bits per heavy atom. The van der Waals surface area contributed by atoms with Crippen molar-refractivity contribution in [3.8, 4) is 0 Å². The van der Waals surface area contributed by atoms with Crippen LogP contribution in [-0.2, 0) is 11.3 Å². The van der Waals surface area contributed by atoms with Crippen molar-refractivity contribution in [2.45, 2.75) is 13.5 Å². The fourth-order valence-electron chi connectivity index (χ4n) is 1.78. The minimum atomic E-state index is -0.405. The quantitative estimate of drug-likeness (QED) is 0.856. The summed E-state index contributed by atoms with van der Waals surface area (Å²) in [6.45, 7) is 3.11. The van der Waals surface area contributed by atoms with E-state index in [1.165, 1.54) is 0 Å². The van der Waals surface area contributed by atoms with E-state index in [0.29, 0.717) is 25.5 Å². The molecule has 2 rings (SSSR count). The highest BCUT2D eigenvalue weighted by Gasteiger charge is 2.17. The van der Waals surface area contributed by atoms with Crippen LogP contribution in [0.1, 0.15) is 17.5 Å². The van der Waals surface area contributed by atoms with E-state index in [9.17, 15) is 4.79 Å². The van der Waals surface area contributed by atoms with E-state index in [0.717, 1.165) is 11.0 Å². The molecule has 0 saturated carbocycles. The number of hydrogen-bond donors (Lipinski definition) is 1. The average Bonchev–Trinajstić information content (AvgIpc) is 2.70. The van der Waals surface area contributed by atoms with Crippen LogP contribution in [0.3, 0.4) is 0 Å². The first-order valence-corrected chi connectivity index (χ1v) is 5.60. The Kier molecular flexibility index (Phi) is 5.12. The third kappa shape index (κ3) is 2.63. The fraction of sp³-hybridized carbons (Fsp3) is 0.333. The number of fused-ring (bicyclic) bond motifs is 1. The SMILES string of the molecule is CCOC(=O)c1nc2ccccc2n1CCN.Cl. The number of rotatable bonds is 4. The van der Waals surface area contributed by atoms with Crippen LogP contribution >= 0.6 is 12.4 Å². The van der Waals surface area contributed by atoms with E-state index in [4.69, 9.17) is 10.5 Å². The molecule has 0 aliphatic carbocycles. The van der Waals surface area contributed by atoms with E-state index < -0.39 is 5.97 Å². The minimum absolute atomic E-state index is 0. The number of ether oxygens (including phenoxy) is 1. The number of nitrogens with zero attached hydrogens (tertiary/aromatic N) is 2. The summed E-state index contributed by atoms with van der Waals surface area (Å²) in [5.74, 6) is -0.0874. The molecular weight excluding hydrogens is 254 g/mol. The third-order valence-corrected chi connectivity index (χ3v) is 2.47. The Bertz CT molecular complexity index is 539. The Morgan fingerprint density at radius 2 is 2.17 bits per heavy atom. The summed E-state index contributed by atoms with van der Waals surface area (Å²) in [5, 5.41) is 0. The van der Waals surface area contributed by atoms with Crippen molar-refractivity contribution in [3.63, 3.8) is 0 Å². The molecule has 0 amide bonds. The molecule has 0 bridgehead atoms. The van der Waals surface area contributed by atoms with Crippen molar-refractivity contribution in [2.24, 2.45) is 5.73 Å². The Morgan fingerprint density at radius 1 is 1.44 bits per heavy atom. The van der Waals surface area contributed by atoms with Gasteiger partial charge in [-0.05, 0) is 19.1 Å². The van der Waals surface area contributed by atoms with Gasteiger partial charge in [0.25, 0.3) is 0 Å². The van der Waals surface area contributed by atoms with Gasteiger partial charge in [0, 0.05) is 13.1 Å². The summed E-state index contributed by atoms with van der Waals surface area (Å²) in [4.78, 5) is 16.0. The van der Waals surface area contributed by atoms with Gasteiger partial charge in [-0.3, -0.25) is 0 Å². The second kappa shape index (κ2) is 6.37. The zero-order valence-corrected chi connectivity index (χ0v) is 10.9. The van der Waals surface area contributed by atoms with Crippen molar-refractivity contribution in [1.82, 2.24) is 9.55 Å². The van der Waals surface area contributed by atoms with E-state index in [-0.39, 0.29) is 12.4 Å². The Labute approximate surface area is 111 Å². The molecular formula is C12H16ClN3O2. The van der Waals surface area contributed by atoms with Crippen LogP contribution in [0.5, 0.6) is 0 Å². The summed E-state index contributed by atoms with van der Waals surface area (Å²) >= 11 is 0. The molecule has 2 aromatic rings. The van der Waals surface area contributed by atoms with Gasteiger partial charge in [0.1, 0.15) is 0 Å². The number of imidazole rings is 1. The van der Waals surface area contributed by atoms with Crippen molar-refractivity contribution in [1.29, 1.82) is 0 Å². The summed E-state index contributed by atoms with van der Waals surface area (Å²) < 4.78 is 6.78. The van der Waals surface area contributed by atoms with E-state index in [1.54, 1.807) is 11.5 Å². The van der Waals surface area contributed by atoms with Crippen LogP contribution in [0.2, 0.25) is 0 Å². The number of benzene rings is 1. The summed E-state index contributed by atoms with van der Waals surface area (Å²) in [6.07, 6.45) is 0. The molecule has 0 aliphatic heterocycles. The maximum atomic E-state index is 11.8. The van der Waals surface area contributed by atoms with Crippen LogP contribution in [0.15, 0.2) is 24.3 Å². The summed E-state index contributed by atoms with van der Waals surface area (Å²) in [5.41, 5.74) is 7.24. The van der Waals surface area contributed by atoms with Gasteiger partial charge in [0.15, 0.2) is 0 Å². The van der Waals surface area contributed by atoms with Crippen LogP contribution in [0.4, 0.5) is 0 Å². The third-order valence-electron chi connectivity index (χ3n) is 2.47. The number of carbonyl (C=O) groups is 1. The first-order chi connectivity index (χ1) is 8.27. The lowest BCUT2D eigenvalue weighted by Crippen LogP contribution is -2.17. The van der Waals surface area contributed by atoms with Gasteiger partial charge < -0.3 is 15.0 Å². The molecule has 98 valence electrons. The molecule has 1 aromatic heterocycles. The molecule has 1 aromatic carbocycles. The highest BCUT2D eigenvalue weighted by Crippen LogP contribution is 2.16. The molecule has 6 heteroatoms. The van der Waals surface area contributed by atoms with Gasteiger partial charge in [-0.25, -0.2) is 9.78 Å². The van der Waals surface area contributed by atoms with Crippen molar-refractivity contribution in [2.75, 3.05) is 13.2 Å². The maximum Gasteiger partial charge on any atom is 0.374 e. The largest absolute Gasteiger partial charge is 0.460 e. The van der Waals surface area contributed by atoms with Gasteiger partial charge in [-0.15, -0.1) is 12.4 Å². The van der Waals surface area contributed by atoms with Crippen molar-refractivity contribution >= 4 is 29.4 Å². The van der Waals surface area contributed by atoms with Gasteiger partial charge in [0.05, 0.1) is 17.6 Å². The number of esters is 1. The zero-order chi connectivity index (χ0) is 12.3. The highest BCUT2D eigenvalue weighted by atomic mass is 35.5. The fourth-order valence-corrected chi connectivity index (χ4v) is 1.78. The standard InChI is InChI=1S/C12H15N3O2.ClH/c1-2-17-12(16)11-14-9-5-3-4-6-10(9)15(11)8-7-13;/h3-6H,2,7-8,13H2,1H3;1H. The Balaban J connectivity index is 0.00000162. The molecule has 5 nitrogen and oxygen atoms in total. The first kappa shape index (κ1) is 14.5. The topological polar surface area (TPSA) is 70.1 Å². The second-order valence-corrected chi connectivity index (χ2v) is 3.58. The molecule has 0 unspecified atom stereocenters. The number of nitrogens with two attached hydrogens (primary N) is 1. The average molecular weight is 270 g/mol. The van der Waals surface area contributed by atoms with E-state index in [1.807, 2.05) is 24.3 Å². The number of hydrogen-bond acceptors (Lipinski definition) is 4. The number of aromatic nitrogens is 2. The predicted molar refractivity (Wildman–Crippen MR) is 72.0 cm³/mol. The molecule has 18 heavy (non-hydrogen) atoms. The molecule has 0 saturated heterocycles. The van der Waals surface area contributed by atoms with Gasteiger partial charge >= 0.3 is 5.97 Å². The predicted octanol–water partition coefficient (Wildman–Crippen LogP) is 1.59. The van der Waals surface area contributed by atoms with E-state index in [2.05, 4.69) is 4.98 Å². The monoisotopic (exact) mass is 269 g/mol. The number of halogens is 1. The number of para-hydroxylation sites is 2. The van der Waals surface area contributed by atoms with Crippen molar-refractivity contribution < 1.29 is 9.53 Å². The van der Waals surface area contributed by atoms with Crippen LogP contribution in [-0.4, -0.2) is 28.7 Å². The van der Waals surface area contributed by atoms with E-state index >= 15 is 0 Å². The summed E-state index contributed by atoms with van der Waals surface area (Å²) in [6, 6.07) is 7.58. The van der Waals surface area contributed by atoms with Crippen LogP contribution < -0.4 is 5.73 Å². The molecule has 1 heterocycles. The second-order valence-electron chi connectivity index (χ2n) is 3.58. The molecule has 0 atom stereocenters. The smallest absolute Gasteiger partial charge is 0.374 e. The lowest BCUT2D eigenvalue weighted by atomic mass is 10.3. The van der Waals surface area contributed by atoms with Crippen molar-refractivity contribution in [3.05, 3.63) is 30.1 Å². The molecule has 0 aliphatic rings. The molecule has 0 fully saturated rings. The zero-order valence-electron chi connectivity index (χ0n) is 10.1. The van der Waals surface area contributed by atoms with Crippen LogP contribution in [0, 0.1) is 0 Å². The molecule has 2 N–H and O–H groups in total. The maximum absolute atomic E-state index is 11.8. The minimum Gasteiger partial charge on any atom is -0.460 e.